The van der Waals surface area contributed by atoms with Crippen LogP contribution in [0.1, 0.15) is 28.2 Å². The number of sulfonamides is 1. The number of carbonyl (C=O) groups excluding carboxylic acids is 2. The van der Waals surface area contributed by atoms with Crippen molar-refractivity contribution in [1.82, 2.24) is 9.29 Å². The first-order valence-corrected chi connectivity index (χ1v) is 10.5. The number of thiazole rings is 1. The lowest BCUT2D eigenvalue weighted by atomic mass is 10.3. The number of methoxy groups -OCH3 is 1. The highest BCUT2D eigenvalue weighted by molar-refractivity contribution is 7.89. The first-order valence-electron chi connectivity index (χ1n) is 8.22. The standard InChI is InChI=1S/C17H20FN3O5S2/c1-11-15(16(23)26-3)27-17(19-11)20-14(22)5-4-10-21(2)28(24,25)13-8-6-12(18)7-9-13/h6-9H,4-5,10H2,1-3H3,(H,19,20,22). The van der Waals surface area contributed by atoms with Crippen molar-refractivity contribution in [2.75, 3.05) is 26.0 Å². The molecular formula is C17H20FN3O5S2. The minimum Gasteiger partial charge on any atom is -0.465 e. The van der Waals surface area contributed by atoms with E-state index < -0.39 is 21.8 Å². The molecule has 0 fully saturated rings. The minimum absolute atomic E-state index is 0.0190. The summed E-state index contributed by atoms with van der Waals surface area (Å²) in [5.41, 5.74) is 0.456. The summed E-state index contributed by atoms with van der Waals surface area (Å²) >= 11 is 1.01. The monoisotopic (exact) mass is 429 g/mol. The normalized spacial score (nSPS) is 11.5. The molecular weight excluding hydrogens is 409 g/mol. The van der Waals surface area contributed by atoms with Gasteiger partial charge in [-0.1, -0.05) is 11.3 Å². The largest absolute Gasteiger partial charge is 0.465 e. The lowest BCUT2D eigenvalue weighted by Crippen LogP contribution is -2.28. The third-order valence-corrected chi connectivity index (χ3v) is 6.74. The summed E-state index contributed by atoms with van der Waals surface area (Å²) in [6, 6.07) is 4.54. The number of hydrogen-bond donors (Lipinski definition) is 1. The highest BCUT2D eigenvalue weighted by Crippen LogP contribution is 2.23. The summed E-state index contributed by atoms with van der Waals surface area (Å²) in [5, 5.41) is 2.86. The first kappa shape index (κ1) is 21.9. The molecule has 152 valence electrons. The highest BCUT2D eigenvalue weighted by Gasteiger charge is 2.21. The molecule has 11 heteroatoms. The maximum Gasteiger partial charge on any atom is 0.350 e. The van der Waals surface area contributed by atoms with Crippen LogP contribution in [-0.4, -0.2) is 50.3 Å². The number of ether oxygens (including phenoxy) is 1. The van der Waals surface area contributed by atoms with E-state index in [9.17, 15) is 22.4 Å². The Morgan fingerprint density at radius 2 is 1.93 bits per heavy atom. The van der Waals surface area contributed by atoms with Crippen molar-refractivity contribution in [3.63, 3.8) is 0 Å². The van der Waals surface area contributed by atoms with Crippen molar-refractivity contribution in [3.8, 4) is 0 Å². The van der Waals surface area contributed by atoms with E-state index in [0.29, 0.717) is 10.6 Å². The molecule has 2 aromatic rings. The number of benzene rings is 1. The third-order valence-electron chi connectivity index (χ3n) is 3.81. The highest BCUT2D eigenvalue weighted by atomic mass is 32.2. The van der Waals surface area contributed by atoms with Crippen LogP contribution in [0.25, 0.3) is 0 Å². The molecule has 28 heavy (non-hydrogen) atoms. The molecule has 0 atom stereocenters. The molecule has 8 nitrogen and oxygen atoms in total. The van der Waals surface area contributed by atoms with Gasteiger partial charge in [0.25, 0.3) is 0 Å². The molecule has 0 radical (unpaired) electrons. The van der Waals surface area contributed by atoms with Crippen molar-refractivity contribution >= 4 is 38.4 Å². The van der Waals surface area contributed by atoms with Crippen molar-refractivity contribution in [1.29, 1.82) is 0 Å². The summed E-state index contributed by atoms with van der Waals surface area (Å²) in [7, 11) is -1.10. The van der Waals surface area contributed by atoms with Crippen molar-refractivity contribution in [3.05, 3.63) is 40.7 Å². The van der Waals surface area contributed by atoms with Gasteiger partial charge in [-0.3, -0.25) is 4.79 Å². The van der Waals surface area contributed by atoms with Gasteiger partial charge in [-0.25, -0.2) is 26.9 Å². The fraction of sp³-hybridized carbons (Fsp3) is 0.353. The summed E-state index contributed by atoms with van der Waals surface area (Å²) in [6.07, 6.45) is 0.340. The molecule has 1 amide bonds. The van der Waals surface area contributed by atoms with Gasteiger partial charge in [-0.05, 0) is 37.6 Å². The Morgan fingerprint density at radius 3 is 2.54 bits per heavy atom. The second kappa shape index (κ2) is 9.22. The maximum absolute atomic E-state index is 13.0. The fourth-order valence-electron chi connectivity index (χ4n) is 2.28. The Kier molecular flexibility index (Phi) is 7.22. The van der Waals surface area contributed by atoms with Gasteiger partial charge in [0.2, 0.25) is 15.9 Å². The van der Waals surface area contributed by atoms with E-state index >= 15 is 0 Å². The molecule has 1 heterocycles. The number of nitrogens with zero attached hydrogens (tertiary/aromatic N) is 2. The van der Waals surface area contributed by atoms with Crippen LogP contribution in [0, 0.1) is 12.7 Å². The fourth-order valence-corrected chi connectivity index (χ4v) is 4.39. The lowest BCUT2D eigenvalue weighted by Gasteiger charge is -2.16. The Labute approximate surface area is 166 Å². The summed E-state index contributed by atoms with van der Waals surface area (Å²) in [5.74, 6) is -1.40. The molecule has 2 rings (SSSR count). The number of aromatic nitrogens is 1. The van der Waals surface area contributed by atoms with Gasteiger partial charge in [-0.2, -0.15) is 0 Å². The van der Waals surface area contributed by atoms with Crippen molar-refractivity contribution < 1.29 is 27.1 Å². The van der Waals surface area contributed by atoms with Crippen LogP contribution in [0.4, 0.5) is 9.52 Å². The molecule has 0 saturated heterocycles. The predicted molar refractivity (Wildman–Crippen MR) is 102 cm³/mol. The van der Waals surface area contributed by atoms with Gasteiger partial charge in [0.1, 0.15) is 10.7 Å². The number of amides is 1. The first-order chi connectivity index (χ1) is 13.1. The van der Waals surface area contributed by atoms with Gasteiger partial charge in [-0.15, -0.1) is 0 Å². The van der Waals surface area contributed by atoms with Crippen LogP contribution in [0.2, 0.25) is 0 Å². The Bertz CT molecular complexity index is 958. The molecule has 0 saturated carbocycles. The van der Waals surface area contributed by atoms with Crippen molar-refractivity contribution in [2.45, 2.75) is 24.7 Å². The van der Waals surface area contributed by atoms with Gasteiger partial charge < -0.3 is 10.1 Å². The molecule has 0 bridgehead atoms. The van der Waals surface area contributed by atoms with E-state index in [0.717, 1.165) is 27.8 Å². The molecule has 1 aromatic heterocycles. The van der Waals surface area contributed by atoms with Gasteiger partial charge >= 0.3 is 5.97 Å². The number of carbonyl (C=O) groups is 2. The van der Waals surface area contributed by atoms with E-state index in [-0.39, 0.29) is 35.3 Å². The molecule has 0 aliphatic rings. The van der Waals surface area contributed by atoms with E-state index in [2.05, 4.69) is 15.0 Å². The van der Waals surface area contributed by atoms with Crippen LogP contribution in [0.3, 0.4) is 0 Å². The SMILES string of the molecule is COC(=O)c1sc(NC(=O)CCCN(C)S(=O)(=O)c2ccc(F)cc2)nc1C. The Balaban J connectivity index is 1.88. The van der Waals surface area contributed by atoms with E-state index in [1.807, 2.05) is 0 Å². The predicted octanol–water partition coefficient (Wildman–Crippen LogP) is 2.42. The second-order valence-corrected chi connectivity index (χ2v) is 8.90. The minimum atomic E-state index is -3.75. The average Bonchev–Trinajstić information content (AvgIpc) is 3.01. The Hall–Kier alpha value is -2.37. The molecule has 0 spiro atoms. The van der Waals surface area contributed by atoms with Gasteiger partial charge in [0, 0.05) is 20.0 Å². The molecule has 1 N–H and O–H groups in total. The third kappa shape index (κ3) is 5.33. The Morgan fingerprint density at radius 1 is 1.29 bits per heavy atom. The zero-order chi connectivity index (χ0) is 20.9. The second-order valence-electron chi connectivity index (χ2n) is 5.86. The van der Waals surface area contributed by atoms with E-state index in [4.69, 9.17) is 0 Å². The summed E-state index contributed by atoms with van der Waals surface area (Å²) in [4.78, 5) is 28.0. The van der Waals surface area contributed by atoms with Gasteiger partial charge in [0.05, 0.1) is 17.7 Å². The maximum atomic E-state index is 13.0. The molecule has 0 unspecified atom stereocenters. The van der Waals surface area contributed by atoms with Crippen molar-refractivity contribution in [2.24, 2.45) is 0 Å². The summed E-state index contributed by atoms with van der Waals surface area (Å²) < 4.78 is 43.5. The smallest absolute Gasteiger partial charge is 0.350 e. The van der Waals surface area contributed by atoms with Gasteiger partial charge in [0.15, 0.2) is 5.13 Å². The number of rotatable bonds is 8. The van der Waals surface area contributed by atoms with Crippen LogP contribution in [0.15, 0.2) is 29.2 Å². The van der Waals surface area contributed by atoms with Crippen LogP contribution >= 0.6 is 11.3 Å². The van der Waals surface area contributed by atoms with Crippen LogP contribution in [-0.2, 0) is 19.6 Å². The van der Waals surface area contributed by atoms with Crippen LogP contribution < -0.4 is 5.32 Å². The number of hydrogen-bond acceptors (Lipinski definition) is 7. The number of anilines is 1. The van der Waals surface area contributed by atoms with E-state index in [1.54, 1.807) is 6.92 Å². The zero-order valence-corrected chi connectivity index (χ0v) is 17.2. The average molecular weight is 429 g/mol. The number of nitrogens with one attached hydrogen (secondary N) is 1. The number of halogens is 1. The quantitative estimate of drug-likeness (QED) is 0.646. The molecule has 0 aliphatic heterocycles. The zero-order valence-electron chi connectivity index (χ0n) is 15.6. The topological polar surface area (TPSA) is 106 Å². The summed E-state index contributed by atoms with van der Waals surface area (Å²) in [6.45, 7) is 1.74. The lowest BCUT2D eigenvalue weighted by molar-refractivity contribution is -0.116. The molecule has 1 aromatic carbocycles. The number of aryl methyl sites for hydroxylation is 1. The van der Waals surface area contributed by atoms with E-state index in [1.165, 1.54) is 26.3 Å². The van der Waals surface area contributed by atoms with Crippen LogP contribution in [0.5, 0.6) is 0 Å². The molecule has 0 aliphatic carbocycles. The number of esters is 1.